The van der Waals surface area contributed by atoms with Gasteiger partial charge in [-0.3, -0.25) is 0 Å². The standard InChI is InChI=1S/2C6H5.C2H6N.Ga/c2*1-2-4-6-5-3-1;1-2-3;/h2*1-5H;3H,2H2,1H3;/q;;-1;+1. The predicted octanol–water partition coefficient (Wildman–Crippen LogP) is 1.40. The third-order valence-corrected chi connectivity index (χ3v) is 8.80. The van der Waals surface area contributed by atoms with Gasteiger partial charge in [0.25, 0.3) is 0 Å². The van der Waals surface area contributed by atoms with Crippen LogP contribution in [0.3, 0.4) is 0 Å². The number of hydrogen-bond donors (Lipinski definition) is 1. The molecule has 80 valence electrons. The Bertz CT molecular complexity index is 374. The van der Waals surface area contributed by atoms with Crippen LogP contribution in [-0.4, -0.2) is 23.0 Å². The first kappa shape index (κ1) is 11.5. The topological polar surface area (TPSA) is 12.0 Å². The minimum atomic E-state index is -1.73. The minimum absolute atomic E-state index is 1.05. The first-order chi connectivity index (χ1) is 7.92. The van der Waals surface area contributed by atoms with Crippen molar-refractivity contribution in [2.75, 3.05) is 6.54 Å². The van der Waals surface area contributed by atoms with Crippen LogP contribution in [0.4, 0.5) is 0 Å². The maximum absolute atomic E-state index is 3.70. The van der Waals surface area contributed by atoms with E-state index in [2.05, 4.69) is 71.6 Å². The molecule has 1 nitrogen and oxygen atoms in total. The van der Waals surface area contributed by atoms with Crippen LogP contribution in [0, 0.1) is 0 Å². The van der Waals surface area contributed by atoms with E-state index in [1.807, 2.05) is 0 Å². The van der Waals surface area contributed by atoms with E-state index < -0.39 is 16.5 Å². The zero-order chi connectivity index (χ0) is 11.2. The first-order valence-electron chi connectivity index (χ1n) is 5.75. The van der Waals surface area contributed by atoms with E-state index >= 15 is 0 Å². The Morgan fingerprint density at radius 2 is 1.25 bits per heavy atom. The molecule has 2 aromatic carbocycles. The summed E-state index contributed by atoms with van der Waals surface area (Å²) in [7, 11) is 0. The molecule has 0 saturated heterocycles. The molecule has 0 amide bonds. The van der Waals surface area contributed by atoms with E-state index in [0.29, 0.717) is 0 Å². The van der Waals surface area contributed by atoms with Gasteiger partial charge in [-0.2, -0.15) is 0 Å². The molecule has 2 aromatic rings. The van der Waals surface area contributed by atoms with Crippen LogP contribution < -0.4 is 12.3 Å². The van der Waals surface area contributed by atoms with Gasteiger partial charge in [-0.1, -0.05) is 0 Å². The normalized spacial score (nSPS) is 10.1. The number of nitrogens with one attached hydrogen (secondary N) is 1. The third-order valence-electron chi connectivity index (χ3n) is 2.67. The molecule has 0 unspecified atom stereocenters. The molecule has 0 aromatic heterocycles. The van der Waals surface area contributed by atoms with E-state index in [1.54, 1.807) is 0 Å². The van der Waals surface area contributed by atoms with E-state index in [0.717, 1.165) is 6.54 Å². The Morgan fingerprint density at radius 1 is 0.812 bits per heavy atom. The Morgan fingerprint density at radius 3 is 1.62 bits per heavy atom. The monoisotopic (exact) mass is 267 g/mol. The molecule has 0 atom stereocenters. The fourth-order valence-electron chi connectivity index (χ4n) is 1.92. The van der Waals surface area contributed by atoms with Crippen molar-refractivity contribution < 1.29 is 0 Å². The average molecular weight is 268 g/mol. The molecule has 0 aliphatic rings. The van der Waals surface area contributed by atoms with Gasteiger partial charge < -0.3 is 0 Å². The fraction of sp³-hybridized carbons (Fsp3) is 0.143. The second-order valence-electron chi connectivity index (χ2n) is 3.81. The van der Waals surface area contributed by atoms with Crippen molar-refractivity contribution in [3.05, 3.63) is 60.7 Å². The van der Waals surface area contributed by atoms with Crippen LogP contribution >= 0.6 is 0 Å². The van der Waals surface area contributed by atoms with Gasteiger partial charge in [-0.15, -0.1) is 0 Å². The van der Waals surface area contributed by atoms with Crippen LogP contribution in [-0.2, 0) is 0 Å². The van der Waals surface area contributed by atoms with Crippen molar-refractivity contribution in [1.82, 2.24) is 4.02 Å². The van der Waals surface area contributed by atoms with Crippen LogP contribution in [0.1, 0.15) is 6.92 Å². The molecule has 0 aliphatic carbocycles. The molecule has 0 saturated carbocycles. The molecule has 16 heavy (non-hydrogen) atoms. The zero-order valence-corrected chi connectivity index (χ0v) is 12.0. The van der Waals surface area contributed by atoms with Gasteiger partial charge in [0.2, 0.25) is 0 Å². The summed E-state index contributed by atoms with van der Waals surface area (Å²) in [6.07, 6.45) is 0. The molecule has 0 heterocycles. The van der Waals surface area contributed by atoms with E-state index in [9.17, 15) is 0 Å². The van der Waals surface area contributed by atoms with E-state index in [-0.39, 0.29) is 0 Å². The quantitative estimate of drug-likeness (QED) is 0.826. The van der Waals surface area contributed by atoms with Gasteiger partial charge in [-0.05, 0) is 0 Å². The Balaban J connectivity index is 2.31. The van der Waals surface area contributed by atoms with Gasteiger partial charge in [-0.25, -0.2) is 0 Å². The van der Waals surface area contributed by atoms with E-state index in [4.69, 9.17) is 0 Å². The van der Waals surface area contributed by atoms with Crippen molar-refractivity contribution in [2.24, 2.45) is 0 Å². The summed E-state index contributed by atoms with van der Waals surface area (Å²) in [5.41, 5.74) is 0. The first-order valence-corrected chi connectivity index (χ1v) is 9.38. The van der Waals surface area contributed by atoms with E-state index in [1.165, 1.54) is 8.24 Å². The summed E-state index contributed by atoms with van der Waals surface area (Å²) in [5, 5.41) is 0. The van der Waals surface area contributed by atoms with Crippen LogP contribution in [0.5, 0.6) is 0 Å². The Labute approximate surface area is 103 Å². The van der Waals surface area contributed by atoms with Crippen LogP contribution in [0.25, 0.3) is 0 Å². The zero-order valence-electron chi connectivity index (χ0n) is 9.56. The second-order valence-corrected chi connectivity index (χ2v) is 9.28. The molecule has 0 fully saturated rings. The molecular weight excluding hydrogens is 252 g/mol. The molecule has 0 aliphatic heterocycles. The summed E-state index contributed by atoms with van der Waals surface area (Å²) < 4.78 is 6.71. The summed E-state index contributed by atoms with van der Waals surface area (Å²) in [5.74, 6) is 0. The molecule has 2 rings (SSSR count). The summed E-state index contributed by atoms with van der Waals surface area (Å²) >= 11 is -1.73. The molecule has 2 heteroatoms. The predicted molar refractivity (Wildman–Crippen MR) is 71.6 cm³/mol. The molecule has 1 N–H and O–H groups in total. The van der Waals surface area contributed by atoms with Crippen LogP contribution in [0.15, 0.2) is 60.7 Å². The van der Waals surface area contributed by atoms with Gasteiger partial charge in [0.05, 0.1) is 0 Å². The van der Waals surface area contributed by atoms with Crippen molar-refractivity contribution in [1.29, 1.82) is 0 Å². The van der Waals surface area contributed by atoms with Crippen LogP contribution in [0.2, 0.25) is 0 Å². The summed E-state index contributed by atoms with van der Waals surface area (Å²) in [6.45, 7) is 3.23. The fourth-order valence-corrected chi connectivity index (χ4v) is 7.12. The SMILES string of the molecule is CC[NH][Ga]([c]1ccccc1)[c]1ccccc1. The molecule has 0 radical (unpaired) electrons. The van der Waals surface area contributed by atoms with Crippen molar-refractivity contribution in [3.63, 3.8) is 0 Å². The molecule has 0 spiro atoms. The van der Waals surface area contributed by atoms with Gasteiger partial charge in [0.15, 0.2) is 0 Å². The number of hydrogen-bond acceptors (Lipinski definition) is 1. The third kappa shape index (κ3) is 2.79. The summed E-state index contributed by atoms with van der Waals surface area (Å²) in [6, 6.07) is 21.7. The Hall–Kier alpha value is -0.964. The maximum atomic E-state index is 3.70. The van der Waals surface area contributed by atoms with Gasteiger partial charge in [0, 0.05) is 0 Å². The Kier molecular flexibility index (Phi) is 4.28. The van der Waals surface area contributed by atoms with Gasteiger partial charge >= 0.3 is 103 Å². The number of rotatable bonds is 4. The molecule has 0 bridgehead atoms. The number of benzene rings is 2. The van der Waals surface area contributed by atoms with Crippen molar-refractivity contribution in [3.8, 4) is 0 Å². The summed E-state index contributed by atoms with van der Waals surface area (Å²) in [4.78, 5) is 0. The molecular formula is C14H16GaN. The average Bonchev–Trinajstić information content (AvgIpc) is 2.38. The van der Waals surface area contributed by atoms with Gasteiger partial charge in [0.1, 0.15) is 0 Å². The van der Waals surface area contributed by atoms with Crippen molar-refractivity contribution >= 4 is 24.7 Å². The second kappa shape index (κ2) is 5.94. The van der Waals surface area contributed by atoms with Crippen molar-refractivity contribution in [2.45, 2.75) is 6.92 Å².